The quantitative estimate of drug-likeness (QED) is 0.459. The molecule has 29 heavy (non-hydrogen) atoms. The van der Waals surface area contributed by atoms with Gasteiger partial charge in [-0.3, -0.25) is 4.79 Å². The van der Waals surface area contributed by atoms with E-state index in [1.165, 1.54) is 28.0 Å². The van der Waals surface area contributed by atoms with Gasteiger partial charge in [0.25, 0.3) is 5.56 Å². The summed E-state index contributed by atoms with van der Waals surface area (Å²) in [5.74, 6) is 0. The zero-order chi connectivity index (χ0) is 21.4. The van der Waals surface area contributed by atoms with E-state index in [4.69, 9.17) is 4.98 Å². The van der Waals surface area contributed by atoms with E-state index in [0.717, 1.165) is 53.1 Å². The molecule has 0 unspecified atom stereocenters. The Labute approximate surface area is 178 Å². The Bertz CT molecular complexity index is 1000. The van der Waals surface area contributed by atoms with Crippen molar-refractivity contribution in [2.45, 2.75) is 60.3 Å². The average Bonchev–Trinajstić information content (AvgIpc) is 3.19. The van der Waals surface area contributed by atoms with Crippen molar-refractivity contribution in [3.8, 4) is 10.6 Å². The highest BCUT2D eigenvalue weighted by Crippen LogP contribution is 2.33. The molecule has 2 heterocycles. The van der Waals surface area contributed by atoms with E-state index >= 15 is 0 Å². The first-order valence-electron chi connectivity index (χ1n) is 10.4. The lowest BCUT2D eigenvalue weighted by molar-refractivity contribution is 0.900. The average molecular weight is 409 g/mol. The zero-order valence-electron chi connectivity index (χ0n) is 18.3. The first kappa shape index (κ1) is 22.8. The second kappa shape index (κ2) is 10.9. The number of nitrogens with zero attached hydrogens (tertiary/aromatic N) is 1. The molecule has 2 aromatic heterocycles. The lowest BCUT2D eigenvalue weighted by Gasteiger charge is -2.11. The standard InChI is InChI=1S/C25H32N2OS/c1-7-12-14-21(17(6)13-8-2)20(11-5)22-16-29-25(27-22)23-19(10-4)18(9-3)15-26-24(23)28/h7,11-12,14-16H,1,8-10,13H2,2-6H3,(H,26,28)/b14-12-,20-11+,21-17-. The minimum Gasteiger partial charge on any atom is -0.328 e. The van der Waals surface area contributed by atoms with Gasteiger partial charge in [-0.1, -0.05) is 63.6 Å². The topological polar surface area (TPSA) is 45.8 Å². The maximum absolute atomic E-state index is 12.6. The van der Waals surface area contributed by atoms with Gasteiger partial charge in [-0.05, 0) is 49.8 Å². The van der Waals surface area contributed by atoms with Crippen LogP contribution >= 0.6 is 11.3 Å². The summed E-state index contributed by atoms with van der Waals surface area (Å²) in [7, 11) is 0. The van der Waals surface area contributed by atoms with Crippen LogP contribution in [0.4, 0.5) is 0 Å². The third-order valence-corrected chi connectivity index (χ3v) is 5.94. The molecule has 1 N–H and O–H groups in total. The molecule has 0 aliphatic rings. The Morgan fingerprint density at radius 2 is 2.03 bits per heavy atom. The van der Waals surface area contributed by atoms with Crippen LogP contribution in [0.25, 0.3) is 16.1 Å². The van der Waals surface area contributed by atoms with Gasteiger partial charge in [0, 0.05) is 17.2 Å². The second-order valence-electron chi connectivity index (χ2n) is 6.98. The number of aryl methyl sites for hydroxylation is 1. The lowest BCUT2D eigenvalue weighted by atomic mass is 9.95. The van der Waals surface area contributed by atoms with E-state index in [-0.39, 0.29) is 5.56 Å². The van der Waals surface area contributed by atoms with Crippen molar-refractivity contribution in [1.82, 2.24) is 9.97 Å². The molecule has 0 radical (unpaired) electrons. The third kappa shape index (κ3) is 5.13. The molecule has 4 heteroatoms. The molecule has 0 aliphatic carbocycles. The number of hydrogen-bond donors (Lipinski definition) is 1. The second-order valence-corrected chi connectivity index (χ2v) is 7.84. The van der Waals surface area contributed by atoms with Crippen molar-refractivity contribution in [2.75, 3.05) is 0 Å². The Hall–Kier alpha value is -2.46. The van der Waals surface area contributed by atoms with Gasteiger partial charge >= 0.3 is 0 Å². The number of allylic oxidation sites excluding steroid dienone is 7. The van der Waals surface area contributed by atoms with E-state index in [2.05, 4.69) is 56.8 Å². The Morgan fingerprint density at radius 3 is 2.62 bits per heavy atom. The van der Waals surface area contributed by atoms with Crippen molar-refractivity contribution >= 4 is 16.9 Å². The van der Waals surface area contributed by atoms with Crippen LogP contribution in [-0.2, 0) is 12.8 Å². The largest absolute Gasteiger partial charge is 0.328 e. The molecule has 0 bridgehead atoms. The molecule has 0 saturated carbocycles. The molecule has 0 aliphatic heterocycles. The molecule has 2 rings (SSSR count). The van der Waals surface area contributed by atoms with Crippen LogP contribution in [0.15, 0.2) is 58.4 Å². The number of aromatic nitrogens is 2. The predicted octanol–water partition coefficient (Wildman–Crippen LogP) is 6.89. The maximum atomic E-state index is 12.6. The number of aromatic amines is 1. The van der Waals surface area contributed by atoms with Gasteiger partial charge in [-0.2, -0.15) is 0 Å². The van der Waals surface area contributed by atoms with E-state index in [1.54, 1.807) is 6.08 Å². The fourth-order valence-electron chi connectivity index (χ4n) is 3.64. The number of thiazole rings is 1. The summed E-state index contributed by atoms with van der Waals surface area (Å²) < 4.78 is 0. The van der Waals surface area contributed by atoms with Crippen LogP contribution in [0, 0.1) is 0 Å². The van der Waals surface area contributed by atoms with Gasteiger partial charge in [-0.25, -0.2) is 4.98 Å². The van der Waals surface area contributed by atoms with Crippen LogP contribution in [-0.4, -0.2) is 9.97 Å². The summed E-state index contributed by atoms with van der Waals surface area (Å²) >= 11 is 1.54. The molecule has 154 valence electrons. The van der Waals surface area contributed by atoms with Gasteiger partial charge in [0.1, 0.15) is 5.01 Å². The van der Waals surface area contributed by atoms with Crippen molar-refractivity contribution in [3.05, 3.63) is 80.8 Å². The summed E-state index contributed by atoms with van der Waals surface area (Å²) in [6.07, 6.45) is 13.6. The number of pyridine rings is 1. The smallest absolute Gasteiger partial charge is 0.258 e. The highest BCUT2D eigenvalue weighted by Gasteiger charge is 2.18. The summed E-state index contributed by atoms with van der Waals surface area (Å²) in [4.78, 5) is 20.4. The third-order valence-electron chi connectivity index (χ3n) is 5.09. The number of H-pyrrole nitrogens is 1. The van der Waals surface area contributed by atoms with Gasteiger partial charge in [0.15, 0.2) is 0 Å². The molecule has 0 fully saturated rings. The zero-order valence-corrected chi connectivity index (χ0v) is 19.1. The Morgan fingerprint density at radius 1 is 1.28 bits per heavy atom. The molecule has 0 spiro atoms. The fraction of sp³-hybridized carbons (Fsp3) is 0.360. The van der Waals surface area contributed by atoms with E-state index < -0.39 is 0 Å². The van der Waals surface area contributed by atoms with Crippen molar-refractivity contribution < 1.29 is 0 Å². The Kier molecular flexibility index (Phi) is 8.59. The van der Waals surface area contributed by atoms with Gasteiger partial charge < -0.3 is 4.98 Å². The monoisotopic (exact) mass is 408 g/mol. The van der Waals surface area contributed by atoms with Gasteiger partial charge in [0.05, 0.1) is 11.3 Å². The summed E-state index contributed by atoms with van der Waals surface area (Å²) in [6.45, 7) is 14.4. The van der Waals surface area contributed by atoms with Crippen LogP contribution in [0.2, 0.25) is 0 Å². The fourth-order valence-corrected chi connectivity index (χ4v) is 4.53. The molecule has 2 aromatic rings. The highest BCUT2D eigenvalue weighted by molar-refractivity contribution is 7.13. The van der Waals surface area contributed by atoms with Crippen LogP contribution < -0.4 is 5.56 Å². The SMILES string of the molecule is C=C\C=C/C(=C(\C)CCC)C(=C\C)/c1csc(-c2c(CC)c(CC)c[nH]c2=O)n1. The first-order valence-corrected chi connectivity index (χ1v) is 11.2. The van der Waals surface area contributed by atoms with Crippen LogP contribution in [0.3, 0.4) is 0 Å². The summed E-state index contributed by atoms with van der Waals surface area (Å²) in [5.41, 5.74) is 7.45. The molecule has 0 amide bonds. The highest BCUT2D eigenvalue weighted by atomic mass is 32.1. The van der Waals surface area contributed by atoms with Crippen molar-refractivity contribution in [2.24, 2.45) is 0 Å². The number of rotatable bonds is 9. The summed E-state index contributed by atoms with van der Waals surface area (Å²) in [6, 6.07) is 0. The Balaban J connectivity index is 2.61. The number of nitrogens with one attached hydrogen (secondary N) is 1. The minimum atomic E-state index is -0.0635. The van der Waals surface area contributed by atoms with E-state index in [1.807, 2.05) is 19.2 Å². The normalized spacial score (nSPS) is 13.1. The summed E-state index contributed by atoms with van der Waals surface area (Å²) in [5, 5.41) is 2.84. The molecule has 0 saturated heterocycles. The lowest BCUT2D eigenvalue weighted by Crippen LogP contribution is -2.13. The predicted molar refractivity (Wildman–Crippen MR) is 128 cm³/mol. The van der Waals surface area contributed by atoms with Crippen LogP contribution in [0.5, 0.6) is 0 Å². The molecule has 0 atom stereocenters. The molecular formula is C25H32N2OS. The van der Waals surface area contributed by atoms with Crippen LogP contribution in [0.1, 0.15) is 64.3 Å². The van der Waals surface area contributed by atoms with Gasteiger partial charge in [-0.15, -0.1) is 11.3 Å². The van der Waals surface area contributed by atoms with E-state index in [9.17, 15) is 4.79 Å². The molecule has 3 nitrogen and oxygen atoms in total. The molecule has 0 aromatic carbocycles. The van der Waals surface area contributed by atoms with Crippen molar-refractivity contribution in [1.29, 1.82) is 0 Å². The van der Waals surface area contributed by atoms with Crippen molar-refractivity contribution in [3.63, 3.8) is 0 Å². The molecular weight excluding hydrogens is 376 g/mol. The van der Waals surface area contributed by atoms with Gasteiger partial charge in [0.2, 0.25) is 0 Å². The number of hydrogen-bond acceptors (Lipinski definition) is 3. The maximum Gasteiger partial charge on any atom is 0.258 e. The minimum absolute atomic E-state index is 0.0635. The van der Waals surface area contributed by atoms with E-state index in [0.29, 0.717) is 0 Å². The first-order chi connectivity index (χ1) is 14.0.